The molecule has 15 heavy (non-hydrogen) atoms. The molecule has 0 saturated heterocycles. The van der Waals surface area contributed by atoms with Crippen LogP contribution in [0.2, 0.25) is 0 Å². The minimum atomic E-state index is -3.03. The number of sulfone groups is 1. The summed E-state index contributed by atoms with van der Waals surface area (Å²) in [5.41, 5.74) is 5.50. The van der Waals surface area contributed by atoms with Crippen molar-refractivity contribution in [1.82, 2.24) is 4.98 Å². The van der Waals surface area contributed by atoms with Crippen LogP contribution in [0.1, 0.15) is 0 Å². The van der Waals surface area contributed by atoms with Crippen LogP contribution in [0.3, 0.4) is 0 Å². The van der Waals surface area contributed by atoms with Crippen molar-refractivity contribution in [3.63, 3.8) is 0 Å². The fourth-order valence-corrected chi connectivity index (χ4v) is 2.62. The minimum absolute atomic E-state index is 0.0729. The van der Waals surface area contributed by atoms with Crippen molar-refractivity contribution in [3.8, 4) is 0 Å². The van der Waals surface area contributed by atoms with Crippen molar-refractivity contribution >= 4 is 21.5 Å². The maximum atomic E-state index is 11.1. The maximum Gasteiger partial charge on any atom is 0.173 e. The molecule has 0 saturated carbocycles. The topological polar surface area (TPSA) is 85.1 Å². The summed E-state index contributed by atoms with van der Waals surface area (Å²) < 4.78 is 22.3. The minimum Gasteiger partial charge on any atom is -0.384 e. The summed E-state index contributed by atoms with van der Waals surface area (Å²) in [5, 5.41) is 4.20. The summed E-state index contributed by atoms with van der Waals surface area (Å²) in [6.07, 6.45) is 1.61. The second-order valence-corrected chi connectivity index (χ2v) is 5.29. The van der Waals surface area contributed by atoms with Gasteiger partial charge in [-0.2, -0.15) is 0 Å². The predicted octanol–water partition coefficient (Wildman–Crippen LogP) is 0.386. The monoisotopic (exact) mass is 225 g/mol. The Labute approximate surface area is 87.9 Å². The first-order chi connectivity index (χ1) is 7.05. The first-order valence-electron chi connectivity index (χ1n) is 4.45. The number of nitrogens with one attached hydrogen (secondary N) is 1. The number of pyridine rings is 1. The number of nitrogens with zero attached hydrogens (tertiary/aromatic N) is 1. The zero-order valence-corrected chi connectivity index (χ0v) is 8.74. The van der Waals surface area contributed by atoms with Gasteiger partial charge in [0.25, 0.3) is 0 Å². The lowest BCUT2D eigenvalue weighted by molar-refractivity contribution is 0.605. The molecule has 0 fully saturated rings. The van der Waals surface area contributed by atoms with Crippen LogP contribution in [0.5, 0.6) is 0 Å². The lowest BCUT2D eigenvalue weighted by atomic mass is 10.3. The molecule has 0 amide bonds. The number of aromatic nitrogens is 1. The highest BCUT2D eigenvalue weighted by atomic mass is 32.2. The molecule has 0 aromatic carbocycles. The van der Waals surface area contributed by atoms with E-state index in [0.717, 1.165) is 0 Å². The summed E-state index contributed by atoms with van der Waals surface area (Å²) >= 11 is 0. The molecule has 3 N–H and O–H groups in total. The molecule has 2 heterocycles. The second-order valence-electron chi connectivity index (χ2n) is 3.36. The molecule has 0 aliphatic carbocycles. The Bertz CT molecular complexity index is 496. The normalized spacial score (nSPS) is 22.8. The second kappa shape index (κ2) is 3.54. The summed E-state index contributed by atoms with van der Waals surface area (Å²) in [6, 6.07) is 4.96. The third-order valence-corrected chi connectivity index (χ3v) is 3.43. The van der Waals surface area contributed by atoms with Crippen LogP contribution in [0.15, 0.2) is 29.7 Å². The van der Waals surface area contributed by atoms with Crippen LogP contribution in [0.25, 0.3) is 0 Å². The Morgan fingerprint density at radius 3 is 2.87 bits per heavy atom. The van der Waals surface area contributed by atoms with E-state index < -0.39 is 9.84 Å². The van der Waals surface area contributed by atoms with Crippen molar-refractivity contribution in [2.45, 2.75) is 6.04 Å². The molecule has 0 bridgehead atoms. The summed E-state index contributed by atoms with van der Waals surface area (Å²) in [7, 11) is -3.03. The number of nitrogens with two attached hydrogens (primary N) is 1. The van der Waals surface area contributed by atoms with Gasteiger partial charge in [0.15, 0.2) is 9.84 Å². The maximum absolute atomic E-state index is 11.1. The van der Waals surface area contributed by atoms with Gasteiger partial charge in [-0.1, -0.05) is 6.07 Å². The number of hydrogen-bond donors (Lipinski definition) is 2. The lowest BCUT2D eigenvalue weighted by Gasteiger charge is -2.10. The predicted molar refractivity (Wildman–Crippen MR) is 59.0 cm³/mol. The van der Waals surface area contributed by atoms with E-state index in [-0.39, 0.29) is 11.8 Å². The van der Waals surface area contributed by atoms with Gasteiger partial charge in [-0.15, -0.1) is 0 Å². The zero-order valence-electron chi connectivity index (χ0n) is 7.92. The third kappa shape index (κ3) is 2.47. The largest absolute Gasteiger partial charge is 0.384 e. The highest BCUT2D eigenvalue weighted by Crippen LogP contribution is 2.14. The molecule has 1 aliphatic rings. The van der Waals surface area contributed by atoms with Crippen LogP contribution in [-0.4, -0.2) is 25.2 Å². The third-order valence-electron chi connectivity index (χ3n) is 2.03. The number of hydrogen-bond acceptors (Lipinski definition) is 5. The van der Waals surface area contributed by atoms with Gasteiger partial charge in [-0.25, -0.2) is 13.4 Å². The Balaban J connectivity index is 2.09. The van der Waals surface area contributed by atoms with Crippen LogP contribution in [0, 0.1) is 0 Å². The quantitative estimate of drug-likeness (QED) is 0.760. The van der Waals surface area contributed by atoms with Gasteiger partial charge in [0, 0.05) is 5.41 Å². The molecule has 1 aliphatic heterocycles. The van der Waals surface area contributed by atoms with E-state index in [1.807, 2.05) is 0 Å². The van der Waals surface area contributed by atoms with E-state index in [2.05, 4.69) is 10.3 Å². The molecular formula is C9H11N3O2S. The number of anilines is 2. The first-order valence-corrected chi connectivity index (χ1v) is 6.17. The molecule has 5 nitrogen and oxygen atoms in total. The van der Waals surface area contributed by atoms with Gasteiger partial charge in [-0.05, 0) is 18.2 Å². The van der Waals surface area contributed by atoms with Crippen molar-refractivity contribution < 1.29 is 8.42 Å². The van der Waals surface area contributed by atoms with Gasteiger partial charge in [0.1, 0.15) is 11.6 Å². The van der Waals surface area contributed by atoms with Gasteiger partial charge in [0.2, 0.25) is 0 Å². The van der Waals surface area contributed by atoms with E-state index >= 15 is 0 Å². The molecule has 1 aromatic rings. The summed E-state index contributed by atoms with van der Waals surface area (Å²) in [5.74, 6) is 1.07. The molecule has 80 valence electrons. The average Bonchev–Trinajstić information content (AvgIpc) is 2.45. The lowest BCUT2D eigenvalue weighted by Crippen LogP contribution is -2.21. The number of rotatable bonds is 2. The molecular weight excluding hydrogens is 214 g/mol. The Kier molecular flexibility index (Phi) is 2.36. The fraction of sp³-hybridized carbons (Fsp3) is 0.222. The molecule has 1 atom stereocenters. The van der Waals surface area contributed by atoms with Crippen LogP contribution < -0.4 is 11.1 Å². The van der Waals surface area contributed by atoms with Crippen molar-refractivity contribution in [3.05, 3.63) is 29.7 Å². The highest BCUT2D eigenvalue weighted by Gasteiger charge is 2.21. The Morgan fingerprint density at radius 1 is 1.47 bits per heavy atom. The zero-order chi connectivity index (χ0) is 10.9. The first kappa shape index (κ1) is 9.97. The van der Waals surface area contributed by atoms with E-state index in [4.69, 9.17) is 5.73 Å². The molecule has 0 spiro atoms. The average molecular weight is 225 g/mol. The fourth-order valence-electron chi connectivity index (χ4n) is 1.39. The van der Waals surface area contributed by atoms with E-state index in [1.165, 1.54) is 5.41 Å². The summed E-state index contributed by atoms with van der Waals surface area (Å²) in [4.78, 5) is 4.02. The molecule has 1 unspecified atom stereocenters. The van der Waals surface area contributed by atoms with Crippen LogP contribution in [0.4, 0.5) is 11.6 Å². The van der Waals surface area contributed by atoms with Crippen LogP contribution in [-0.2, 0) is 9.84 Å². The smallest absolute Gasteiger partial charge is 0.173 e. The molecule has 2 rings (SSSR count). The van der Waals surface area contributed by atoms with Crippen molar-refractivity contribution in [1.29, 1.82) is 0 Å². The Morgan fingerprint density at radius 2 is 2.27 bits per heavy atom. The van der Waals surface area contributed by atoms with Crippen LogP contribution >= 0.6 is 0 Å². The molecule has 0 radical (unpaired) electrons. The van der Waals surface area contributed by atoms with Crippen molar-refractivity contribution in [2.24, 2.45) is 0 Å². The van der Waals surface area contributed by atoms with Gasteiger partial charge < -0.3 is 11.1 Å². The Hall–Kier alpha value is -1.56. The molecule has 6 heteroatoms. The standard InChI is InChI=1S/C9H11N3O2S/c10-8-2-1-3-9(12-8)11-7-4-5-15(13,14)6-7/h1-5,7H,6H2,(H3,10,11,12). The van der Waals surface area contributed by atoms with Gasteiger partial charge >= 0.3 is 0 Å². The van der Waals surface area contributed by atoms with E-state index in [1.54, 1.807) is 24.3 Å². The van der Waals surface area contributed by atoms with Gasteiger partial charge in [0.05, 0.1) is 11.8 Å². The van der Waals surface area contributed by atoms with Gasteiger partial charge in [-0.3, -0.25) is 0 Å². The van der Waals surface area contributed by atoms with E-state index in [9.17, 15) is 8.42 Å². The van der Waals surface area contributed by atoms with E-state index in [0.29, 0.717) is 11.6 Å². The van der Waals surface area contributed by atoms with Crippen molar-refractivity contribution in [2.75, 3.05) is 16.8 Å². The number of nitrogen functional groups attached to an aromatic ring is 1. The SMILES string of the molecule is Nc1cccc(NC2C=CS(=O)(=O)C2)n1. The summed E-state index contributed by atoms with van der Waals surface area (Å²) in [6.45, 7) is 0. The highest BCUT2D eigenvalue weighted by molar-refractivity contribution is 7.94. The molecule has 1 aromatic heterocycles.